The van der Waals surface area contributed by atoms with E-state index in [1.165, 1.54) is 12.1 Å². The standard InChI is InChI=1S/C17H14ClNO2S/c18-16-7-9-17(10-8-16)22(20,21)19-12-13-5-6-14-3-1-2-4-15(14)11-13/h1-11,19H,12H2. The Morgan fingerprint density at radius 1 is 0.864 bits per heavy atom. The van der Waals surface area contributed by atoms with E-state index in [4.69, 9.17) is 11.6 Å². The summed E-state index contributed by atoms with van der Waals surface area (Å²) >= 11 is 5.77. The minimum Gasteiger partial charge on any atom is -0.207 e. The molecule has 0 fully saturated rings. The smallest absolute Gasteiger partial charge is 0.207 e. The summed E-state index contributed by atoms with van der Waals surface area (Å²) in [6, 6.07) is 20.0. The predicted octanol–water partition coefficient (Wildman–Crippen LogP) is 3.97. The molecule has 0 amide bonds. The van der Waals surface area contributed by atoms with E-state index in [-0.39, 0.29) is 11.4 Å². The van der Waals surface area contributed by atoms with Gasteiger partial charge in [-0.1, -0.05) is 48.0 Å². The fraction of sp³-hybridized carbons (Fsp3) is 0.0588. The van der Waals surface area contributed by atoms with E-state index in [0.717, 1.165) is 16.3 Å². The molecule has 0 aliphatic rings. The molecule has 0 saturated carbocycles. The molecule has 3 aromatic carbocycles. The van der Waals surface area contributed by atoms with Crippen LogP contribution in [0.3, 0.4) is 0 Å². The van der Waals surface area contributed by atoms with Gasteiger partial charge in [0.05, 0.1) is 4.90 Å². The minimum atomic E-state index is -3.54. The van der Waals surface area contributed by atoms with Gasteiger partial charge in [-0.05, 0) is 46.7 Å². The molecule has 1 N–H and O–H groups in total. The first kappa shape index (κ1) is 15.0. The molecule has 0 aliphatic carbocycles. The molecule has 3 rings (SSSR count). The van der Waals surface area contributed by atoms with Crippen LogP contribution in [0.15, 0.2) is 71.6 Å². The summed E-state index contributed by atoms with van der Waals surface area (Å²) in [6.45, 7) is 0.246. The second-order valence-electron chi connectivity index (χ2n) is 4.96. The van der Waals surface area contributed by atoms with Gasteiger partial charge in [-0.15, -0.1) is 0 Å². The highest BCUT2D eigenvalue weighted by Gasteiger charge is 2.13. The van der Waals surface area contributed by atoms with Crippen LogP contribution < -0.4 is 4.72 Å². The van der Waals surface area contributed by atoms with Gasteiger partial charge in [0.1, 0.15) is 0 Å². The van der Waals surface area contributed by atoms with Crippen LogP contribution in [0.4, 0.5) is 0 Å². The molecule has 3 nitrogen and oxygen atoms in total. The van der Waals surface area contributed by atoms with Crippen molar-refractivity contribution in [1.82, 2.24) is 4.72 Å². The average molecular weight is 332 g/mol. The summed E-state index contributed by atoms with van der Waals surface area (Å²) < 4.78 is 27.1. The first-order valence-electron chi connectivity index (χ1n) is 6.77. The lowest BCUT2D eigenvalue weighted by Gasteiger charge is -2.08. The Bertz CT molecular complexity index is 905. The van der Waals surface area contributed by atoms with Crippen LogP contribution in [0, 0.1) is 0 Å². The van der Waals surface area contributed by atoms with Crippen LogP contribution >= 0.6 is 11.6 Å². The van der Waals surface area contributed by atoms with E-state index in [1.807, 2.05) is 42.5 Å². The van der Waals surface area contributed by atoms with Crippen molar-refractivity contribution in [2.75, 3.05) is 0 Å². The van der Waals surface area contributed by atoms with E-state index in [1.54, 1.807) is 12.1 Å². The van der Waals surface area contributed by atoms with E-state index >= 15 is 0 Å². The Hall–Kier alpha value is -1.88. The number of nitrogens with one attached hydrogen (secondary N) is 1. The van der Waals surface area contributed by atoms with Crippen LogP contribution in [-0.2, 0) is 16.6 Å². The zero-order valence-corrected chi connectivity index (χ0v) is 13.2. The van der Waals surface area contributed by atoms with Crippen molar-refractivity contribution in [3.05, 3.63) is 77.3 Å². The lowest BCUT2D eigenvalue weighted by Crippen LogP contribution is -2.23. The number of rotatable bonds is 4. The maximum atomic E-state index is 12.2. The zero-order valence-electron chi connectivity index (χ0n) is 11.7. The van der Waals surface area contributed by atoms with E-state index in [0.29, 0.717) is 5.02 Å². The predicted molar refractivity (Wildman–Crippen MR) is 89.4 cm³/mol. The van der Waals surface area contributed by atoms with Crippen LogP contribution in [0.25, 0.3) is 10.8 Å². The molecular formula is C17H14ClNO2S. The fourth-order valence-electron chi connectivity index (χ4n) is 2.22. The monoisotopic (exact) mass is 331 g/mol. The van der Waals surface area contributed by atoms with Gasteiger partial charge < -0.3 is 0 Å². The minimum absolute atomic E-state index is 0.206. The van der Waals surface area contributed by atoms with Gasteiger partial charge in [0.15, 0.2) is 0 Å². The Labute approximate surface area is 134 Å². The molecule has 0 radical (unpaired) electrons. The molecule has 5 heteroatoms. The van der Waals surface area contributed by atoms with Gasteiger partial charge >= 0.3 is 0 Å². The zero-order chi connectivity index (χ0) is 15.6. The molecule has 0 saturated heterocycles. The molecule has 0 spiro atoms. The summed E-state index contributed by atoms with van der Waals surface area (Å²) in [5, 5.41) is 2.73. The number of hydrogen-bond donors (Lipinski definition) is 1. The van der Waals surface area contributed by atoms with Crippen molar-refractivity contribution in [3.63, 3.8) is 0 Å². The van der Waals surface area contributed by atoms with Crippen LogP contribution in [-0.4, -0.2) is 8.42 Å². The molecule has 0 aromatic heterocycles. The lowest BCUT2D eigenvalue weighted by molar-refractivity contribution is 0.581. The van der Waals surface area contributed by atoms with Gasteiger partial charge in [0.2, 0.25) is 10.0 Å². The molecule has 112 valence electrons. The molecule has 0 heterocycles. The van der Waals surface area contributed by atoms with Crippen molar-refractivity contribution < 1.29 is 8.42 Å². The lowest BCUT2D eigenvalue weighted by atomic mass is 10.1. The maximum Gasteiger partial charge on any atom is 0.240 e. The summed E-state index contributed by atoms with van der Waals surface area (Å²) in [5.41, 5.74) is 0.913. The highest BCUT2D eigenvalue weighted by molar-refractivity contribution is 7.89. The second kappa shape index (κ2) is 6.08. The third kappa shape index (κ3) is 3.30. The van der Waals surface area contributed by atoms with Crippen molar-refractivity contribution in [3.8, 4) is 0 Å². The largest absolute Gasteiger partial charge is 0.240 e. The van der Waals surface area contributed by atoms with Crippen LogP contribution in [0.1, 0.15) is 5.56 Å². The molecule has 3 aromatic rings. The molecule has 0 unspecified atom stereocenters. The molecule has 0 bridgehead atoms. The van der Waals surface area contributed by atoms with E-state index in [2.05, 4.69) is 4.72 Å². The SMILES string of the molecule is O=S(=O)(NCc1ccc2ccccc2c1)c1ccc(Cl)cc1. The second-order valence-corrected chi connectivity index (χ2v) is 7.16. The van der Waals surface area contributed by atoms with Gasteiger partial charge in [0.25, 0.3) is 0 Å². The highest BCUT2D eigenvalue weighted by atomic mass is 35.5. The normalized spacial score (nSPS) is 11.7. The van der Waals surface area contributed by atoms with Gasteiger partial charge in [0, 0.05) is 11.6 Å². The Morgan fingerprint density at radius 3 is 2.27 bits per heavy atom. The highest BCUT2D eigenvalue weighted by Crippen LogP contribution is 2.17. The number of halogens is 1. The molecule has 0 aliphatic heterocycles. The first-order valence-corrected chi connectivity index (χ1v) is 8.64. The average Bonchev–Trinajstić information content (AvgIpc) is 2.53. The number of sulfonamides is 1. The number of fused-ring (bicyclic) bond motifs is 1. The summed E-state index contributed by atoms with van der Waals surface area (Å²) in [4.78, 5) is 0.206. The molecular weight excluding hydrogens is 318 g/mol. The van der Waals surface area contributed by atoms with Gasteiger partial charge in [-0.2, -0.15) is 0 Å². The number of hydrogen-bond acceptors (Lipinski definition) is 2. The van der Waals surface area contributed by atoms with Gasteiger partial charge in [-0.3, -0.25) is 0 Å². The number of benzene rings is 3. The summed E-state index contributed by atoms with van der Waals surface area (Å²) in [7, 11) is -3.54. The van der Waals surface area contributed by atoms with Crippen LogP contribution in [0.2, 0.25) is 5.02 Å². The maximum absolute atomic E-state index is 12.2. The van der Waals surface area contributed by atoms with Crippen molar-refractivity contribution >= 4 is 32.4 Å². The molecule has 22 heavy (non-hydrogen) atoms. The third-order valence-corrected chi connectivity index (χ3v) is 5.07. The fourth-order valence-corrected chi connectivity index (χ4v) is 3.37. The Morgan fingerprint density at radius 2 is 1.55 bits per heavy atom. The topological polar surface area (TPSA) is 46.2 Å². The van der Waals surface area contributed by atoms with Crippen molar-refractivity contribution in [2.45, 2.75) is 11.4 Å². The van der Waals surface area contributed by atoms with Crippen molar-refractivity contribution in [1.29, 1.82) is 0 Å². The molecule has 0 atom stereocenters. The van der Waals surface area contributed by atoms with Crippen LogP contribution in [0.5, 0.6) is 0 Å². The van der Waals surface area contributed by atoms with E-state index in [9.17, 15) is 8.42 Å². The third-order valence-electron chi connectivity index (χ3n) is 3.40. The van der Waals surface area contributed by atoms with E-state index < -0.39 is 10.0 Å². The first-order chi connectivity index (χ1) is 10.5. The summed E-state index contributed by atoms with van der Waals surface area (Å²) in [5.74, 6) is 0. The quantitative estimate of drug-likeness (QED) is 0.786. The summed E-state index contributed by atoms with van der Waals surface area (Å²) in [6.07, 6.45) is 0. The Balaban J connectivity index is 1.79. The van der Waals surface area contributed by atoms with Crippen molar-refractivity contribution in [2.24, 2.45) is 0 Å². The Kier molecular flexibility index (Phi) is 4.16. The van der Waals surface area contributed by atoms with Gasteiger partial charge in [-0.25, -0.2) is 13.1 Å².